The maximum Gasteiger partial charge on any atom is 0.263 e. The van der Waals surface area contributed by atoms with E-state index in [1.165, 1.54) is 0 Å². The highest BCUT2D eigenvalue weighted by Crippen LogP contribution is 2.17. The van der Waals surface area contributed by atoms with Crippen LogP contribution in [0.3, 0.4) is 0 Å². The van der Waals surface area contributed by atoms with Crippen LogP contribution in [0.5, 0.6) is 0 Å². The number of amides is 1. The van der Waals surface area contributed by atoms with E-state index < -0.39 is 0 Å². The summed E-state index contributed by atoms with van der Waals surface area (Å²) in [5.41, 5.74) is 2.09. The Morgan fingerprint density at radius 1 is 1.07 bits per heavy atom. The fraction of sp³-hybridized carbons (Fsp3) is 0.318. The Morgan fingerprint density at radius 3 is 2.50 bits per heavy atom. The van der Waals surface area contributed by atoms with E-state index in [1.54, 1.807) is 42.2 Å². The van der Waals surface area contributed by atoms with E-state index in [4.69, 9.17) is 11.6 Å². The van der Waals surface area contributed by atoms with E-state index in [-0.39, 0.29) is 11.5 Å². The lowest BCUT2D eigenvalue weighted by Gasteiger charge is -2.34. The van der Waals surface area contributed by atoms with Gasteiger partial charge in [0.25, 0.3) is 11.5 Å². The summed E-state index contributed by atoms with van der Waals surface area (Å²) in [6.45, 7) is 4.17. The van der Waals surface area contributed by atoms with Gasteiger partial charge in [0.1, 0.15) is 0 Å². The summed E-state index contributed by atoms with van der Waals surface area (Å²) in [7, 11) is 1.80. The minimum atomic E-state index is -0.0403. The molecule has 0 atom stereocenters. The molecule has 1 N–H and O–H groups in total. The van der Waals surface area contributed by atoms with Crippen LogP contribution in [0.4, 0.5) is 5.69 Å². The van der Waals surface area contributed by atoms with E-state index in [1.807, 2.05) is 23.1 Å². The Kier molecular flexibility index (Phi) is 6.01. The number of halogens is 1. The number of hydrogen-bond donors (Lipinski definition) is 1. The molecule has 0 radical (unpaired) electrons. The Balaban J connectivity index is 1.37. The quantitative estimate of drug-likeness (QED) is 0.680. The highest BCUT2D eigenvalue weighted by Gasteiger charge is 2.22. The number of nitrogens with zero attached hydrogens (tertiary/aromatic N) is 4. The number of fused-ring (bicyclic) bond motifs is 1. The van der Waals surface area contributed by atoms with Crippen LogP contribution in [0.2, 0.25) is 5.02 Å². The van der Waals surface area contributed by atoms with Crippen LogP contribution < -0.4 is 10.9 Å². The topological polar surface area (TPSA) is 70.5 Å². The summed E-state index contributed by atoms with van der Waals surface area (Å²) in [5, 5.41) is 4.30. The van der Waals surface area contributed by atoms with Crippen LogP contribution in [-0.4, -0.2) is 65.0 Å². The van der Waals surface area contributed by atoms with E-state index in [0.29, 0.717) is 41.1 Å². The number of benzene rings is 2. The molecule has 1 saturated heterocycles. The van der Waals surface area contributed by atoms with Gasteiger partial charge in [-0.1, -0.05) is 17.7 Å². The molecule has 2 aromatic carbocycles. The minimum Gasteiger partial charge on any atom is -0.387 e. The number of nitrogens with one attached hydrogen (secondary N) is 1. The summed E-state index contributed by atoms with van der Waals surface area (Å²) in [4.78, 5) is 34.1. The molecule has 156 valence electrons. The van der Waals surface area contributed by atoms with Crippen molar-refractivity contribution in [2.24, 2.45) is 0 Å². The monoisotopic (exact) mass is 425 g/mol. The average Bonchev–Trinajstić information content (AvgIpc) is 2.78. The second kappa shape index (κ2) is 8.85. The molecule has 0 aliphatic carbocycles. The Labute approximate surface area is 179 Å². The number of carbonyl (C=O) groups excluding carboxylic acids is 1. The number of hydrogen-bond acceptors (Lipinski definition) is 5. The van der Waals surface area contributed by atoms with Crippen molar-refractivity contribution in [2.75, 3.05) is 45.1 Å². The second-order valence-electron chi connectivity index (χ2n) is 7.33. The average molecular weight is 426 g/mol. The van der Waals surface area contributed by atoms with Gasteiger partial charge in [-0.15, -0.1) is 0 Å². The minimum absolute atomic E-state index is 0.0286. The van der Waals surface area contributed by atoms with Gasteiger partial charge >= 0.3 is 0 Å². The zero-order chi connectivity index (χ0) is 21.1. The Morgan fingerprint density at radius 2 is 1.80 bits per heavy atom. The number of aromatic nitrogens is 2. The molecule has 4 rings (SSSR count). The van der Waals surface area contributed by atoms with Crippen molar-refractivity contribution in [3.8, 4) is 0 Å². The molecule has 1 aliphatic rings. The van der Waals surface area contributed by atoms with Crippen LogP contribution in [0, 0.1) is 0 Å². The van der Waals surface area contributed by atoms with E-state index in [9.17, 15) is 9.59 Å². The lowest BCUT2D eigenvalue weighted by atomic mass is 10.2. The van der Waals surface area contributed by atoms with Gasteiger partial charge in [0, 0.05) is 62.6 Å². The SMILES string of the molecule is CNc1cccc2ncn(CCN3CCN(C(=O)c4ccc(Cl)cc4)CC3)c(=O)c12. The van der Waals surface area contributed by atoms with Gasteiger partial charge in [-0.05, 0) is 36.4 Å². The van der Waals surface area contributed by atoms with E-state index in [2.05, 4.69) is 15.2 Å². The van der Waals surface area contributed by atoms with Crippen molar-refractivity contribution in [2.45, 2.75) is 6.54 Å². The molecule has 1 aromatic heterocycles. The zero-order valence-electron chi connectivity index (χ0n) is 16.8. The molecular formula is C22H24ClN5O2. The molecule has 1 amide bonds. The molecule has 0 unspecified atom stereocenters. The van der Waals surface area contributed by atoms with Crippen LogP contribution in [-0.2, 0) is 6.54 Å². The van der Waals surface area contributed by atoms with Gasteiger partial charge in [0.2, 0.25) is 0 Å². The fourth-order valence-electron chi connectivity index (χ4n) is 3.77. The summed E-state index contributed by atoms with van der Waals surface area (Å²) in [6.07, 6.45) is 1.62. The second-order valence-corrected chi connectivity index (χ2v) is 7.77. The van der Waals surface area contributed by atoms with Gasteiger partial charge in [-0.25, -0.2) is 4.98 Å². The highest BCUT2D eigenvalue weighted by atomic mass is 35.5. The fourth-order valence-corrected chi connectivity index (χ4v) is 3.89. The van der Waals surface area contributed by atoms with Crippen LogP contribution >= 0.6 is 11.6 Å². The maximum absolute atomic E-state index is 12.9. The smallest absolute Gasteiger partial charge is 0.263 e. The predicted octanol–water partition coefficient (Wildman–Crippen LogP) is 2.55. The third kappa shape index (κ3) is 4.17. The predicted molar refractivity (Wildman–Crippen MR) is 119 cm³/mol. The van der Waals surface area contributed by atoms with Gasteiger partial charge < -0.3 is 10.2 Å². The maximum atomic E-state index is 12.9. The summed E-state index contributed by atoms with van der Waals surface area (Å²) < 4.78 is 1.66. The van der Waals surface area contributed by atoms with E-state index >= 15 is 0 Å². The number of anilines is 1. The standard InChI is InChI=1S/C22H24ClN5O2/c1-24-18-3-2-4-19-20(18)22(30)28(15-25-19)14-11-26-9-12-27(13-10-26)21(29)16-5-7-17(23)8-6-16/h2-8,15,24H,9-14H2,1H3. The molecule has 2 heterocycles. The number of rotatable bonds is 5. The van der Waals surface area contributed by atoms with Gasteiger partial charge in [0.15, 0.2) is 0 Å². The molecule has 1 fully saturated rings. The molecule has 0 bridgehead atoms. The van der Waals surface area contributed by atoms with Gasteiger partial charge in [-0.2, -0.15) is 0 Å². The summed E-state index contributed by atoms with van der Waals surface area (Å²) >= 11 is 5.90. The highest BCUT2D eigenvalue weighted by molar-refractivity contribution is 6.30. The van der Waals surface area contributed by atoms with Gasteiger partial charge in [-0.3, -0.25) is 19.1 Å². The Hall–Kier alpha value is -2.90. The molecule has 8 heteroatoms. The first-order valence-corrected chi connectivity index (χ1v) is 10.4. The molecular weight excluding hydrogens is 402 g/mol. The lowest BCUT2D eigenvalue weighted by molar-refractivity contribution is 0.0633. The molecule has 30 heavy (non-hydrogen) atoms. The molecule has 0 spiro atoms. The summed E-state index contributed by atoms with van der Waals surface area (Å²) in [5.74, 6) is 0.0286. The molecule has 3 aromatic rings. The zero-order valence-corrected chi connectivity index (χ0v) is 17.6. The van der Waals surface area contributed by atoms with Crippen molar-refractivity contribution in [1.82, 2.24) is 19.4 Å². The first-order chi connectivity index (χ1) is 14.6. The van der Waals surface area contributed by atoms with Crippen molar-refractivity contribution in [3.05, 3.63) is 69.7 Å². The first-order valence-electron chi connectivity index (χ1n) is 10.00. The molecule has 1 aliphatic heterocycles. The Bertz CT molecular complexity index is 1100. The third-order valence-corrected chi connectivity index (χ3v) is 5.78. The van der Waals surface area contributed by atoms with Gasteiger partial charge in [0.05, 0.1) is 17.2 Å². The van der Waals surface area contributed by atoms with Crippen LogP contribution in [0.15, 0.2) is 53.6 Å². The van der Waals surface area contributed by atoms with Crippen molar-refractivity contribution >= 4 is 34.1 Å². The largest absolute Gasteiger partial charge is 0.387 e. The summed E-state index contributed by atoms with van der Waals surface area (Å²) in [6, 6.07) is 12.6. The number of carbonyl (C=O) groups is 1. The van der Waals surface area contributed by atoms with E-state index in [0.717, 1.165) is 25.3 Å². The van der Waals surface area contributed by atoms with Crippen molar-refractivity contribution in [3.63, 3.8) is 0 Å². The number of piperazine rings is 1. The molecule has 7 nitrogen and oxygen atoms in total. The first kappa shape index (κ1) is 20.4. The lowest BCUT2D eigenvalue weighted by Crippen LogP contribution is -2.49. The van der Waals surface area contributed by atoms with Crippen molar-refractivity contribution < 1.29 is 4.79 Å². The van der Waals surface area contributed by atoms with Crippen LogP contribution in [0.1, 0.15) is 10.4 Å². The third-order valence-electron chi connectivity index (χ3n) is 5.53. The normalized spacial score (nSPS) is 14.8. The van der Waals surface area contributed by atoms with Crippen LogP contribution in [0.25, 0.3) is 10.9 Å². The molecule has 0 saturated carbocycles. The van der Waals surface area contributed by atoms with Crippen molar-refractivity contribution in [1.29, 1.82) is 0 Å².